The quantitative estimate of drug-likeness (QED) is 0.895. The van der Waals surface area contributed by atoms with Crippen molar-refractivity contribution in [3.05, 3.63) is 58.4 Å². The Hall–Kier alpha value is -1.74. The molecule has 0 unspecified atom stereocenters. The number of aryl methyl sites for hydroxylation is 1. The zero-order chi connectivity index (χ0) is 13.8. The molecule has 0 bridgehead atoms. The van der Waals surface area contributed by atoms with Crippen LogP contribution >= 0.6 is 11.6 Å². The zero-order valence-corrected chi connectivity index (χ0v) is 11.6. The molecule has 2 nitrogen and oxygen atoms in total. The standard InChI is InChI=1S/C15H15ClFNO/c1-10-7-12(16)4-5-14(10)18-9-11-3-6-15(19-2)13(17)8-11/h3-8,18H,9H2,1-2H3. The molecule has 0 fully saturated rings. The first-order valence-corrected chi connectivity index (χ1v) is 6.30. The number of anilines is 1. The predicted molar refractivity (Wildman–Crippen MR) is 76.5 cm³/mol. The van der Waals surface area contributed by atoms with E-state index >= 15 is 0 Å². The maximum absolute atomic E-state index is 13.5. The smallest absolute Gasteiger partial charge is 0.165 e. The summed E-state index contributed by atoms with van der Waals surface area (Å²) in [6.45, 7) is 2.52. The second kappa shape index (κ2) is 5.93. The Bertz CT molecular complexity index is 586. The van der Waals surface area contributed by atoms with Gasteiger partial charge in [0.05, 0.1) is 7.11 Å². The second-order valence-electron chi connectivity index (χ2n) is 4.28. The molecule has 0 saturated carbocycles. The van der Waals surface area contributed by atoms with E-state index in [9.17, 15) is 4.39 Å². The number of hydrogen-bond acceptors (Lipinski definition) is 2. The molecule has 0 aliphatic heterocycles. The molecular formula is C15H15ClFNO. The van der Waals surface area contributed by atoms with E-state index < -0.39 is 0 Å². The normalized spacial score (nSPS) is 10.3. The van der Waals surface area contributed by atoms with Crippen molar-refractivity contribution in [2.24, 2.45) is 0 Å². The fourth-order valence-corrected chi connectivity index (χ4v) is 2.07. The van der Waals surface area contributed by atoms with Crippen LogP contribution in [0.1, 0.15) is 11.1 Å². The van der Waals surface area contributed by atoms with Crippen molar-refractivity contribution < 1.29 is 9.13 Å². The Balaban J connectivity index is 2.08. The Morgan fingerprint density at radius 2 is 2.00 bits per heavy atom. The highest BCUT2D eigenvalue weighted by atomic mass is 35.5. The SMILES string of the molecule is COc1ccc(CNc2ccc(Cl)cc2C)cc1F. The van der Waals surface area contributed by atoms with E-state index in [0.29, 0.717) is 11.6 Å². The van der Waals surface area contributed by atoms with Crippen LogP contribution in [0, 0.1) is 12.7 Å². The van der Waals surface area contributed by atoms with Gasteiger partial charge in [-0.15, -0.1) is 0 Å². The lowest BCUT2D eigenvalue weighted by molar-refractivity contribution is 0.386. The first kappa shape index (κ1) is 13.7. The molecule has 2 aromatic carbocycles. The second-order valence-corrected chi connectivity index (χ2v) is 4.72. The van der Waals surface area contributed by atoms with Gasteiger partial charge in [-0.05, 0) is 48.4 Å². The van der Waals surface area contributed by atoms with Crippen molar-refractivity contribution in [1.82, 2.24) is 0 Å². The van der Waals surface area contributed by atoms with Gasteiger partial charge >= 0.3 is 0 Å². The van der Waals surface area contributed by atoms with Crippen molar-refractivity contribution in [2.45, 2.75) is 13.5 Å². The average Bonchev–Trinajstić information content (AvgIpc) is 2.38. The minimum absolute atomic E-state index is 0.256. The molecule has 0 amide bonds. The molecule has 0 atom stereocenters. The summed E-state index contributed by atoms with van der Waals surface area (Å²) < 4.78 is 18.4. The molecule has 2 rings (SSSR count). The molecule has 19 heavy (non-hydrogen) atoms. The number of hydrogen-bond donors (Lipinski definition) is 1. The van der Waals surface area contributed by atoms with Crippen molar-refractivity contribution in [3.8, 4) is 5.75 Å². The summed E-state index contributed by atoms with van der Waals surface area (Å²) in [5, 5.41) is 3.96. The molecule has 100 valence electrons. The molecule has 0 aromatic heterocycles. The fourth-order valence-electron chi connectivity index (χ4n) is 1.84. The van der Waals surface area contributed by atoms with Gasteiger partial charge in [0.15, 0.2) is 11.6 Å². The number of benzene rings is 2. The summed E-state index contributed by atoms with van der Waals surface area (Å²) in [7, 11) is 1.45. The van der Waals surface area contributed by atoms with Crippen LogP contribution in [0.25, 0.3) is 0 Å². The van der Waals surface area contributed by atoms with Gasteiger partial charge < -0.3 is 10.1 Å². The van der Waals surface area contributed by atoms with Crippen LogP contribution < -0.4 is 10.1 Å². The zero-order valence-electron chi connectivity index (χ0n) is 10.8. The topological polar surface area (TPSA) is 21.3 Å². The lowest BCUT2D eigenvalue weighted by Crippen LogP contribution is -2.01. The van der Waals surface area contributed by atoms with Gasteiger partial charge in [-0.3, -0.25) is 0 Å². The van der Waals surface area contributed by atoms with Crippen LogP contribution in [-0.4, -0.2) is 7.11 Å². The Kier molecular flexibility index (Phi) is 4.27. The molecule has 0 radical (unpaired) electrons. The molecule has 0 aliphatic carbocycles. The third-order valence-electron chi connectivity index (χ3n) is 2.89. The summed E-state index contributed by atoms with van der Waals surface area (Å²) in [4.78, 5) is 0. The third-order valence-corrected chi connectivity index (χ3v) is 3.12. The summed E-state index contributed by atoms with van der Waals surface area (Å²) in [6, 6.07) is 10.6. The van der Waals surface area contributed by atoms with Crippen molar-refractivity contribution in [2.75, 3.05) is 12.4 Å². The van der Waals surface area contributed by atoms with Gasteiger partial charge in [0.25, 0.3) is 0 Å². The van der Waals surface area contributed by atoms with Crippen LogP contribution in [0.4, 0.5) is 10.1 Å². The van der Waals surface area contributed by atoms with Gasteiger partial charge in [0.2, 0.25) is 0 Å². The van der Waals surface area contributed by atoms with Crippen LogP contribution in [0.5, 0.6) is 5.75 Å². The predicted octanol–water partition coefficient (Wildman–Crippen LogP) is 4.41. The maximum Gasteiger partial charge on any atom is 0.165 e. The molecular weight excluding hydrogens is 265 g/mol. The lowest BCUT2D eigenvalue weighted by atomic mass is 10.1. The van der Waals surface area contributed by atoms with E-state index in [2.05, 4.69) is 5.32 Å². The highest BCUT2D eigenvalue weighted by molar-refractivity contribution is 6.30. The minimum atomic E-state index is -0.352. The molecule has 0 saturated heterocycles. The van der Waals surface area contributed by atoms with Crippen LogP contribution in [-0.2, 0) is 6.54 Å². The molecule has 0 heterocycles. The number of rotatable bonds is 4. The van der Waals surface area contributed by atoms with Gasteiger partial charge in [-0.2, -0.15) is 0 Å². The number of ether oxygens (including phenoxy) is 1. The summed E-state index contributed by atoms with van der Waals surface area (Å²) >= 11 is 5.90. The summed E-state index contributed by atoms with van der Waals surface area (Å²) in [5.74, 6) is -0.0962. The fraction of sp³-hybridized carbons (Fsp3) is 0.200. The molecule has 2 aromatic rings. The largest absolute Gasteiger partial charge is 0.494 e. The highest BCUT2D eigenvalue weighted by Crippen LogP contribution is 2.22. The van der Waals surface area contributed by atoms with Crippen molar-refractivity contribution in [1.29, 1.82) is 0 Å². The third kappa shape index (κ3) is 3.38. The Morgan fingerprint density at radius 1 is 1.21 bits per heavy atom. The van der Waals surface area contributed by atoms with Crippen LogP contribution in [0.15, 0.2) is 36.4 Å². The van der Waals surface area contributed by atoms with Gasteiger partial charge in [-0.25, -0.2) is 4.39 Å². The van der Waals surface area contributed by atoms with E-state index in [1.807, 2.05) is 31.2 Å². The summed E-state index contributed by atoms with van der Waals surface area (Å²) in [5.41, 5.74) is 2.90. The van der Waals surface area contributed by atoms with E-state index in [1.165, 1.54) is 13.2 Å². The van der Waals surface area contributed by atoms with E-state index in [0.717, 1.165) is 16.8 Å². The maximum atomic E-state index is 13.5. The lowest BCUT2D eigenvalue weighted by Gasteiger charge is -2.10. The number of methoxy groups -OCH3 is 1. The van der Waals surface area contributed by atoms with E-state index in [4.69, 9.17) is 16.3 Å². The van der Waals surface area contributed by atoms with Crippen LogP contribution in [0.3, 0.4) is 0 Å². The highest BCUT2D eigenvalue weighted by Gasteiger charge is 2.04. The molecule has 4 heteroatoms. The summed E-state index contributed by atoms with van der Waals surface area (Å²) in [6.07, 6.45) is 0. The number of nitrogens with one attached hydrogen (secondary N) is 1. The monoisotopic (exact) mass is 279 g/mol. The van der Waals surface area contributed by atoms with Gasteiger partial charge in [-0.1, -0.05) is 17.7 Å². The first-order chi connectivity index (χ1) is 9.10. The van der Waals surface area contributed by atoms with Gasteiger partial charge in [0.1, 0.15) is 0 Å². The minimum Gasteiger partial charge on any atom is -0.494 e. The average molecular weight is 280 g/mol. The van der Waals surface area contributed by atoms with Crippen molar-refractivity contribution in [3.63, 3.8) is 0 Å². The molecule has 0 spiro atoms. The van der Waals surface area contributed by atoms with Crippen molar-refractivity contribution >= 4 is 17.3 Å². The first-order valence-electron chi connectivity index (χ1n) is 5.92. The molecule has 1 N–H and O–H groups in total. The Morgan fingerprint density at radius 3 is 2.63 bits per heavy atom. The molecule has 0 aliphatic rings. The van der Waals surface area contributed by atoms with E-state index in [1.54, 1.807) is 6.07 Å². The number of halogens is 2. The Labute approximate surface area is 117 Å². The van der Waals surface area contributed by atoms with Gasteiger partial charge in [0, 0.05) is 17.3 Å². The van der Waals surface area contributed by atoms with E-state index in [-0.39, 0.29) is 11.6 Å². The van der Waals surface area contributed by atoms with Crippen LogP contribution in [0.2, 0.25) is 5.02 Å².